The van der Waals surface area contributed by atoms with Gasteiger partial charge in [-0.2, -0.15) is 0 Å². The van der Waals surface area contributed by atoms with Gasteiger partial charge in [-0.3, -0.25) is 4.90 Å². The Morgan fingerprint density at radius 3 is 2.55 bits per heavy atom. The molecule has 0 spiro atoms. The van der Waals surface area contributed by atoms with Crippen molar-refractivity contribution in [3.63, 3.8) is 0 Å². The maximum absolute atomic E-state index is 13.2. The Labute approximate surface area is 151 Å². The van der Waals surface area contributed by atoms with Gasteiger partial charge in [0.15, 0.2) is 0 Å². The van der Waals surface area contributed by atoms with E-state index in [1.807, 2.05) is 0 Å². The fourth-order valence-electron chi connectivity index (χ4n) is 2.03. The van der Waals surface area contributed by atoms with Gasteiger partial charge in [0, 0.05) is 43.7 Å². The van der Waals surface area contributed by atoms with Gasteiger partial charge >= 0.3 is 0 Å². The van der Waals surface area contributed by atoms with Crippen LogP contribution >= 0.6 is 40.7 Å². The smallest absolute Gasteiger partial charge is 0.241 e. The van der Waals surface area contributed by atoms with Crippen molar-refractivity contribution in [2.24, 2.45) is 0 Å². The number of hydrogen-bond acceptors (Lipinski definition) is 4. The summed E-state index contributed by atoms with van der Waals surface area (Å²) in [5, 5.41) is 3.23. The summed E-state index contributed by atoms with van der Waals surface area (Å²) in [5.41, 5.74) is 0. The van der Waals surface area contributed by atoms with Gasteiger partial charge in [0.05, 0.1) is 4.90 Å². The molecule has 1 saturated heterocycles. The molecule has 1 aliphatic heterocycles. The molecule has 0 saturated carbocycles. The lowest BCUT2D eigenvalue weighted by Crippen LogP contribution is -2.46. The SMILES string of the molecule is Cl.Cl.O=S(=O)(NCCN1CCNCC1)c1cc(F)ccc1Br. The van der Waals surface area contributed by atoms with Crippen LogP contribution in [0.1, 0.15) is 0 Å². The van der Waals surface area contributed by atoms with Crippen molar-refractivity contribution >= 4 is 50.8 Å². The second kappa shape index (κ2) is 10.0. The summed E-state index contributed by atoms with van der Waals surface area (Å²) >= 11 is 3.13. The summed E-state index contributed by atoms with van der Waals surface area (Å²) in [6.45, 7) is 4.61. The van der Waals surface area contributed by atoms with Crippen LogP contribution in [0.2, 0.25) is 0 Å². The molecule has 1 aliphatic rings. The number of benzene rings is 1. The van der Waals surface area contributed by atoms with Gasteiger partial charge in [-0.15, -0.1) is 24.8 Å². The zero-order chi connectivity index (χ0) is 14.6. The molecule has 0 unspecified atom stereocenters. The van der Waals surface area contributed by atoms with Gasteiger partial charge in [0.1, 0.15) is 5.82 Å². The van der Waals surface area contributed by atoms with Gasteiger partial charge in [0.2, 0.25) is 10.0 Å². The van der Waals surface area contributed by atoms with E-state index >= 15 is 0 Å². The maximum atomic E-state index is 13.2. The molecule has 22 heavy (non-hydrogen) atoms. The molecule has 0 radical (unpaired) electrons. The molecule has 10 heteroatoms. The van der Waals surface area contributed by atoms with Crippen LogP contribution in [-0.2, 0) is 10.0 Å². The van der Waals surface area contributed by atoms with E-state index in [4.69, 9.17) is 0 Å². The molecule has 0 aliphatic carbocycles. The summed E-state index contributed by atoms with van der Waals surface area (Å²) in [7, 11) is -3.69. The van der Waals surface area contributed by atoms with Crippen LogP contribution in [0.25, 0.3) is 0 Å². The lowest BCUT2D eigenvalue weighted by Gasteiger charge is -2.27. The number of nitrogens with one attached hydrogen (secondary N) is 2. The van der Waals surface area contributed by atoms with E-state index in [0.717, 1.165) is 32.2 Å². The standard InChI is InChI=1S/C12H17BrFN3O2S.2ClH/c13-11-2-1-10(14)9-12(11)20(18,19)16-5-8-17-6-3-15-4-7-17;;/h1-2,9,15-16H,3-8H2;2*1H. The van der Waals surface area contributed by atoms with E-state index in [2.05, 4.69) is 30.9 Å². The molecule has 128 valence electrons. The minimum atomic E-state index is -3.69. The number of piperazine rings is 1. The van der Waals surface area contributed by atoms with Gasteiger partial charge in [-0.1, -0.05) is 0 Å². The Hall–Kier alpha value is 0.0400. The Bertz CT molecular complexity index is 571. The van der Waals surface area contributed by atoms with Gasteiger partial charge in [0.25, 0.3) is 0 Å². The van der Waals surface area contributed by atoms with Crippen LogP contribution in [0.4, 0.5) is 4.39 Å². The zero-order valence-electron chi connectivity index (χ0n) is 11.7. The van der Waals surface area contributed by atoms with Crippen molar-refractivity contribution in [2.75, 3.05) is 39.3 Å². The lowest BCUT2D eigenvalue weighted by molar-refractivity contribution is 0.245. The van der Waals surface area contributed by atoms with E-state index in [9.17, 15) is 12.8 Å². The van der Waals surface area contributed by atoms with Gasteiger partial charge in [-0.05, 0) is 34.1 Å². The molecule has 1 heterocycles. The summed E-state index contributed by atoms with van der Waals surface area (Å²) < 4.78 is 40.2. The Balaban J connectivity index is 0.00000220. The number of rotatable bonds is 5. The average molecular weight is 439 g/mol. The predicted octanol–water partition coefficient (Wildman–Crippen LogP) is 1.62. The first-order valence-electron chi connectivity index (χ1n) is 6.37. The van der Waals surface area contributed by atoms with Crippen LogP contribution < -0.4 is 10.0 Å². The van der Waals surface area contributed by atoms with Crippen molar-refractivity contribution < 1.29 is 12.8 Å². The Morgan fingerprint density at radius 1 is 1.27 bits per heavy atom. The normalized spacial score (nSPS) is 15.7. The topological polar surface area (TPSA) is 61.4 Å². The fraction of sp³-hybridized carbons (Fsp3) is 0.500. The molecule has 0 atom stereocenters. The third-order valence-corrected chi connectivity index (χ3v) is 5.57. The summed E-state index contributed by atoms with van der Waals surface area (Å²) in [4.78, 5) is 2.11. The third-order valence-electron chi connectivity index (χ3n) is 3.11. The summed E-state index contributed by atoms with van der Waals surface area (Å²) in [5.74, 6) is -0.573. The van der Waals surface area contributed by atoms with Crippen LogP contribution in [0.5, 0.6) is 0 Å². The highest BCUT2D eigenvalue weighted by Crippen LogP contribution is 2.22. The third kappa shape index (κ3) is 6.27. The van der Waals surface area contributed by atoms with Crippen LogP contribution in [-0.4, -0.2) is 52.6 Å². The first kappa shape index (κ1) is 22.0. The lowest BCUT2D eigenvalue weighted by atomic mass is 10.3. The van der Waals surface area contributed by atoms with Crippen molar-refractivity contribution in [3.05, 3.63) is 28.5 Å². The van der Waals surface area contributed by atoms with Gasteiger partial charge < -0.3 is 5.32 Å². The van der Waals surface area contributed by atoms with E-state index in [-0.39, 0.29) is 29.7 Å². The van der Waals surface area contributed by atoms with E-state index in [0.29, 0.717) is 17.6 Å². The first-order valence-corrected chi connectivity index (χ1v) is 8.64. The molecule has 0 amide bonds. The van der Waals surface area contributed by atoms with Crippen LogP contribution in [0.15, 0.2) is 27.6 Å². The maximum Gasteiger partial charge on any atom is 0.241 e. The molecular weight excluding hydrogens is 420 g/mol. The molecule has 0 bridgehead atoms. The quantitative estimate of drug-likeness (QED) is 0.733. The van der Waals surface area contributed by atoms with Crippen molar-refractivity contribution in [3.8, 4) is 0 Å². The average Bonchev–Trinajstić information content (AvgIpc) is 2.42. The minimum Gasteiger partial charge on any atom is -0.314 e. The number of halogens is 4. The number of hydrogen-bond donors (Lipinski definition) is 2. The van der Waals surface area contributed by atoms with Gasteiger partial charge in [-0.25, -0.2) is 17.5 Å². The highest BCUT2D eigenvalue weighted by Gasteiger charge is 2.18. The van der Waals surface area contributed by atoms with Crippen LogP contribution in [0.3, 0.4) is 0 Å². The molecule has 2 rings (SSSR count). The summed E-state index contributed by atoms with van der Waals surface area (Å²) in [6, 6.07) is 3.61. The highest BCUT2D eigenvalue weighted by molar-refractivity contribution is 9.10. The molecule has 2 N–H and O–H groups in total. The number of nitrogens with zero attached hydrogens (tertiary/aromatic N) is 1. The summed E-state index contributed by atoms with van der Waals surface area (Å²) in [6.07, 6.45) is 0. The fourth-order valence-corrected chi connectivity index (χ4v) is 4.03. The number of sulfonamides is 1. The molecular formula is C12H19BrCl2FN3O2S. The zero-order valence-corrected chi connectivity index (χ0v) is 15.8. The van der Waals surface area contributed by atoms with Crippen molar-refractivity contribution in [1.29, 1.82) is 0 Å². The second-order valence-electron chi connectivity index (χ2n) is 4.56. The van der Waals surface area contributed by atoms with Crippen molar-refractivity contribution in [1.82, 2.24) is 14.9 Å². The van der Waals surface area contributed by atoms with E-state index in [1.54, 1.807) is 0 Å². The first-order chi connectivity index (χ1) is 9.49. The van der Waals surface area contributed by atoms with E-state index in [1.165, 1.54) is 12.1 Å². The molecule has 1 aromatic carbocycles. The monoisotopic (exact) mass is 437 g/mol. The highest BCUT2D eigenvalue weighted by atomic mass is 79.9. The Kier molecular flexibility index (Phi) is 10.0. The Morgan fingerprint density at radius 2 is 1.91 bits per heavy atom. The van der Waals surface area contributed by atoms with Crippen molar-refractivity contribution in [2.45, 2.75) is 4.90 Å². The van der Waals surface area contributed by atoms with E-state index < -0.39 is 15.8 Å². The largest absolute Gasteiger partial charge is 0.314 e. The van der Waals surface area contributed by atoms with Crippen LogP contribution in [0, 0.1) is 5.82 Å². The molecule has 5 nitrogen and oxygen atoms in total. The molecule has 1 aromatic rings. The molecule has 1 fully saturated rings. The second-order valence-corrected chi connectivity index (χ2v) is 7.15. The predicted molar refractivity (Wildman–Crippen MR) is 93.1 cm³/mol. The minimum absolute atomic E-state index is 0. The molecule has 0 aromatic heterocycles.